The molecule has 0 bridgehead atoms. The number of nitrogens with zero attached hydrogens (tertiary/aromatic N) is 2. The van der Waals surface area contributed by atoms with Crippen LogP contribution in [-0.2, 0) is 9.57 Å². The standard InChI is InChI=1S/C12H21N3O3/c1-11(2,3)18-10(16)15-5-9(14-17-4)12(8-15)6-13-7-12/h13H,5-8H2,1-4H3. The van der Waals surface area contributed by atoms with Crippen LogP contribution in [0.1, 0.15) is 20.8 Å². The molecular weight excluding hydrogens is 234 g/mol. The van der Waals surface area contributed by atoms with Gasteiger partial charge in [-0.2, -0.15) is 0 Å². The van der Waals surface area contributed by atoms with Crippen molar-refractivity contribution in [3.8, 4) is 0 Å². The molecule has 0 atom stereocenters. The number of ether oxygens (including phenoxy) is 1. The van der Waals surface area contributed by atoms with Gasteiger partial charge in [0, 0.05) is 19.6 Å². The SMILES string of the molecule is CON=C1CN(C(=O)OC(C)(C)C)CC12CNC2. The van der Waals surface area contributed by atoms with Crippen LogP contribution in [0.3, 0.4) is 0 Å². The molecule has 2 rings (SSSR count). The van der Waals surface area contributed by atoms with Gasteiger partial charge in [0.25, 0.3) is 0 Å². The fourth-order valence-electron chi connectivity index (χ4n) is 2.30. The van der Waals surface area contributed by atoms with Gasteiger partial charge in [0.15, 0.2) is 0 Å². The molecule has 2 heterocycles. The lowest BCUT2D eigenvalue weighted by molar-refractivity contribution is 0.0258. The van der Waals surface area contributed by atoms with Gasteiger partial charge < -0.3 is 19.8 Å². The van der Waals surface area contributed by atoms with E-state index in [0.717, 1.165) is 18.8 Å². The summed E-state index contributed by atoms with van der Waals surface area (Å²) >= 11 is 0. The number of oxime groups is 1. The zero-order valence-corrected chi connectivity index (χ0v) is 11.4. The molecule has 0 unspecified atom stereocenters. The van der Waals surface area contributed by atoms with Crippen LogP contribution < -0.4 is 5.32 Å². The van der Waals surface area contributed by atoms with Crippen molar-refractivity contribution in [3.05, 3.63) is 0 Å². The van der Waals surface area contributed by atoms with E-state index in [-0.39, 0.29) is 11.5 Å². The minimum atomic E-state index is -0.469. The van der Waals surface area contributed by atoms with Crippen molar-refractivity contribution >= 4 is 11.8 Å². The van der Waals surface area contributed by atoms with E-state index in [0.29, 0.717) is 13.1 Å². The Bertz CT molecular complexity index is 369. The fraction of sp³-hybridized carbons (Fsp3) is 0.833. The summed E-state index contributed by atoms with van der Waals surface area (Å²) in [5.41, 5.74) is 0.408. The van der Waals surface area contributed by atoms with Crippen molar-refractivity contribution in [1.82, 2.24) is 10.2 Å². The van der Waals surface area contributed by atoms with Crippen LogP contribution in [0.2, 0.25) is 0 Å². The third-order valence-electron chi connectivity index (χ3n) is 3.23. The zero-order chi connectivity index (χ0) is 13.4. The number of likely N-dealkylation sites (tertiary alicyclic amines) is 1. The van der Waals surface area contributed by atoms with Gasteiger partial charge in [0.05, 0.1) is 17.7 Å². The average molecular weight is 255 g/mol. The molecule has 0 aromatic heterocycles. The second-order valence-electron chi connectivity index (χ2n) is 5.94. The first-order chi connectivity index (χ1) is 8.36. The van der Waals surface area contributed by atoms with Crippen molar-refractivity contribution in [2.45, 2.75) is 26.4 Å². The Balaban J connectivity index is 2.05. The topological polar surface area (TPSA) is 63.2 Å². The molecule has 102 valence electrons. The molecule has 18 heavy (non-hydrogen) atoms. The average Bonchev–Trinajstić information content (AvgIpc) is 2.55. The van der Waals surface area contributed by atoms with Crippen LogP contribution >= 0.6 is 0 Å². The molecule has 0 aromatic carbocycles. The first-order valence-corrected chi connectivity index (χ1v) is 6.15. The number of amides is 1. The number of rotatable bonds is 1. The summed E-state index contributed by atoms with van der Waals surface area (Å²) in [5, 5.41) is 7.28. The second kappa shape index (κ2) is 4.42. The van der Waals surface area contributed by atoms with Crippen LogP contribution in [0.25, 0.3) is 0 Å². The second-order valence-corrected chi connectivity index (χ2v) is 5.94. The molecule has 0 aromatic rings. The van der Waals surface area contributed by atoms with E-state index in [1.807, 2.05) is 20.8 Å². The first-order valence-electron chi connectivity index (χ1n) is 6.15. The van der Waals surface area contributed by atoms with Gasteiger partial charge in [-0.15, -0.1) is 0 Å². The summed E-state index contributed by atoms with van der Waals surface area (Å²) in [4.78, 5) is 18.6. The zero-order valence-electron chi connectivity index (χ0n) is 11.4. The number of carbonyl (C=O) groups is 1. The highest BCUT2D eigenvalue weighted by molar-refractivity contribution is 5.97. The van der Waals surface area contributed by atoms with Gasteiger partial charge in [0.1, 0.15) is 12.7 Å². The molecule has 2 fully saturated rings. The maximum atomic E-state index is 12.0. The summed E-state index contributed by atoms with van der Waals surface area (Å²) in [7, 11) is 1.53. The number of nitrogens with one attached hydrogen (secondary N) is 1. The Morgan fingerprint density at radius 3 is 2.56 bits per heavy atom. The summed E-state index contributed by atoms with van der Waals surface area (Å²) in [5.74, 6) is 0. The molecule has 2 saturated heterocycles. The van der Waals surface area contributed by atoms with Gasteiger partial charge in [0.2, 0.25) is 0 Å². The summed E-state index contributed by atoms with van der Waals surface area (Å²) in [6.45, 7) is 8.42. The van der Waals surface area contributed by atoms with Crippen molar-refractivity contribution < 1.29 is 14.4 Å². The highest BCUT2D eigenvalue weighted by Crippen LogP contribution is 2.33. The largest absolute Gasteiger partial charge is 0.444 e. The summed E-state index contributed by atoms with van der Waals surface area (Å²) in [6.07, 6.45) is -0.282. The van der Waals surface area contributed by atoms with E-state index in [2.05, 4.69) is 10.5 Å². The summed E-state index contributed by atoms with van der Waals surface area (Å²) in [6, 6.07) is 0. The lowest BCUT2D eigenvalue weighted by Crippen LogP contribution is -2.58. The maximum Gasteiger partial charge on any atom is 0.410 e. The number of hydrogen-bond acceptors (Lipinski definition) is 5. The van der Waals surface area contributed by atoms with Crippen molar-refractivity contribution in [2.75, 3.05) is 33.3 Å². The van der Waals surface area contributed by atoms with Crippen LogP contribution in [0.5, 0.6) is 0 Å². The van der Waals surface area contributed by atoms with Crippen molar-refractivity contribution in [1.29, 1.82) is 0 Å². The van der Waals surface area contributed by atoms with Gasteiger partial charge in [-0.3, -0.25) is 0 Å². The Hall–Kier alpha value is -1.30. The molecule has 2 aliphatic heterocycles. The van der Waals surface area contributed by atoms with E-state index in [1.165, 1.54) is 7.11 Å². The molecule has 0 aliphatic carbocycles. The minimum absolute atomic E-state index is 0.0487. The normalized spacial score (nSPS) is 24.2. The Labute approximate surface area is 107 Å². The van der Waals surface area contributed by atoms with E-state index >= 15 is 0 Å². The molecule has 6 heteroatoms. The molecule has 2 aliphatic rings. The molecule has 1 spiro atoms. The molecule has 6 nitrogen and oxygen atoms in total. The van der Waals surface area contributed by atoms with Crippen LogP contribution in [-0.4, -0.2) is 55.6 Å². The minimum Gasteiger partial charge on any atom is -0.444 e. The fourth-order valence-corrected chi connectivity index (χ4v) is 2.30. The Morgan fingerprint density at radius 1 is 1.44 bits per heavy atom. The van der Waals surface area contributed by atoms with E-state index in [1.54, 1.807) is 4.90 Å². The Kier molecular flexibility index (Phi) is 3.23. The highest BCUT2D eigenvalue weighted by atomic mass is 16.6. The van der Waals surface area contributed by atoms with Gasteiger partial charge in [-0.05, 0) is 20.8 Å². The third-order valence-corrected chi connectivity index (χ3v) is 3.23. The van der Waals surface area contributed by atoms with Gasteiger partial charge in [-0.1, -0.05) is 5.16 Å². The Morgan fingerprint density at radius 2 is 2.11 bits per heavy atom. The molecule has 1 N–H and O–H groups in total. The lowest BCUT2D eigenvalue weighted by atomic mass is 9.79. The quantitative estimate of drug-likeness (QED) is 0.705. The van der Waals surface area contributed by atoms with E-state index in [9.17, 15) is 4.79 Å². The molecule has 0 saturated carbocycles. The summed E-state index contributed by atoms with van der Waals surface area (Å²) < 4.78 is 5.38. The first kappa shape index (κ1) is 13.1. The highest BCUT2D eigenvalue weighted by Gasteiger charge is 2.51. The maximum absolute atomic E-state index is 12.0. The van der Waals surface area contributed by atoms with Crippen molar-refractivity contribution in [2.24, 2.45) is 10.6 Å². The lowest BCUT2D eigenvalue weighted by Gasteiger charge is -2.38. The van der Waals surface area contributed by atoms with Crippen LogP contribution in [0, 0.1) is 5.41 Å². The molecule has 1 amide bonds. The predicted molar refractivity (Wildman–Crippen MR) is 67.6 cm³/mol. The third kappa shape index (κ3) is 2.43. The number of carbonyl (C=O) groups excluding carboxylic acids is 1. The van der Waals surface area contributed by atoms with Gasteiger partial charge >= 0.3 is 6.09 Å². The molecule has 0 radical (unpaired) electrons. The van der Waals surface area contributed by atoms with E-state index in [4.69, 9.17) is 9.57 Å². The molecular formula is C12H21N3O3. The monoisotopic (exact) mass is 255 g/mol. The van der Waals surface area contributed by atoms with Gasteiger partial charge in [-0.25, -0.2) is 4.79 Å². The number of hydrogen-bond donors (Lipinski definition) is 1. The van der Waals surface area contributed by atoms with Crippen LogP contribution in [0.15, 0.2) is 5.16 Å². The van der Waals surface area contributed by atoms with E-state index < -0.39 is 5.60 Å². The predicted octanol–water partition coefficient (Wildman–Crippen LogP) is 0.829. The van der Waals surface area contributed by atoms with Crippen LogP contribution in [0.4, 0.5) is 4.79 Å². The van der Waals surface area contributed by atoms with Crippen molar-refractivity contribution in [3.63, 3.8) is 0 Å². The smallest absolute Gasteiger partial charge is 0.410 e.